The molecule has 2 aromatic rings. The van der Waals surface area contributed by atoms with Gasteiger partial charge >= 0.3 is 5.97 Å². The van der Waals surface area contributed by atoms with Gasteiger partial charge in [-0.2, -0.15) is 0 Å². The van der Waals surface area contributed by atoms with Crippen LogP contribution in [0.2, 0.25) is 0 Å². The third-order valence-corrected chi connectivity index (χ3v) is 7.51. The Labute approximate surface area is 201 Å². The van der Waals surface area contributed by atoms with Crippen molar-refractivity contribution in [3.63, 3.8) is 0 Å². The Morgan fingerprint density at radius 3 is 2.21 bits per heavy atom. The molecule has 0 radical (unpaired) electrons. The maximum absolute atomic E-state index is 14.0. The summed E-state index contributed by atoms with van der Waals surface area (Å²) in [6, 6.07) is 7.26. The maximum Gasteiger partial charge on any atom is 0.327 e. The highest BCUT2D eigenvalue weighted by Gasteiger charge is 2.42. The van der Waals surface area contributed by atoms with E-state index < -0.39 is 34.0 Å². The normalized spacial score (nSPS) is 13.6. The van der Waals surface area contributed by atoms with Gasteiger partial charge < -0.3 is 21.5 Å². The molecule has 0 bridgehead atoms. The van der Waals surface area contributed by atoms with Gasteiger partial charge in [-0.1, -0.05) is 44.5 Å². The molecule has 0 heterocycles. The van der Waals surface area contributed by atoms with Crippen molar-refractivity contribution in [2.45, 2.75) is 56.5 Å². The number of nitrogens with zero attached hydrogens (tertiary/aromatic N) is 2. The second-order valence-electron chi connectivity index (χ2n) is 9.04. The van der Waals surface area contributed by atoms with Gasteiger partial charge in [0.15, 0.2) is 0 Å². The number of aliphatic carboxylic acids is 1. The zero-order chi connectivity index (χ0) is 25.6. The standard InChI is InChI=1S/C24H36N4O5S/c1-16(2)15-21(24(30)31)28(23(29)19(26)11-5-6-14-25)34(32,33)22-13-8-9-17-18(22)10-7-12-20(17)27(3)4/h7-10,12-13,16,19,21H,5-6,11,14-15,25-26H2,1-4H3,(H,30,31)/t19-,21-/m0/s1. The number of nitrogens with two attached hydrogens (primary N) is 2. The molecule has 10 heteroatoms. The Morgan fingerprint density at radius 1 is 1.03 bits per heavy atom. The van der Waals surface area contributed by atoms with Gasteiger partial charge in [-0.05, 0) is 43.9 Å². The molecule has 5 N–H and O–H groups in total. The van der Waals surface area contributed by atoms with Crippen molar-refractivity contribution in [2.75, 3.05) is 25.5 Å². The van der Waals surface area contributed by atoms with Gasteiger partial charge in [-0.25, -0.2) is 17.5 Å². The van der Waals surface area contributed by atoms with Gasteiger partial charge in [-0.15, -0.1) is 0 Å². The number of carboxylic acid groups (broad SMARTS) is 1. The molecule has 0 saturated heterocycles. The first kappa shape index (κ1) is 27.6. The molecule has 2 aromatic carbocycles. The van der Waals surface area contributed by atoms with E-state index in [-0.39, 0.29) is 23.7 Å². The van der Waals surface area contributed by atoms with E-state index in [2.05, 4.69) is 0 Å². The van der Waals surface area contributed by atoms with Crippen molar-refractivity contribution in [3.8, 4) is 0 Å². The molecule has 2 atom stereocenters. The lowest BCUT2D eigenvalue weighted by atomic mass is 10.0. The summed E-state index contributed by atoms with van der Waals surface area (Å²) < 4.78 is 28.5. The lowest BCUT2D eigenvalue weighted by molar-refractivity contribution is -0.147. The minimum absolute atomic E-state index is 0.0382. The van der Waals surface area contributed by atoms with Crippen LogP contribution in [0.4, 0.5) is 5.69 Å². The highest BCUT2D eigenvalue weighted by atomic mass is 32.2. The first-order valence-electron chi connectivity index (χ1n) is 11.4. The summed E-state index contributed by atoms with van der Waals surface area (Å²) in [5, 5.41) is 11.0. The van der Waals surface area contributed by atoms with Crippen molar-refractivity contribution < 1.29 is 23.1 Å². The Bertz CT molecular complexity index is 1120. The predicted octanol–water partition coefficient (Wildman–Crippen LogP) is 2.38. The van der Waals surface area contributed by atoms with Gasteiger partial charge in [0.05, 0.1) is 10.9 Å². The average molecular weight is 493 g/mol. The Balaban J connectivity index is 2.71. The van der Waals surface area contributed by atoms with Gasteiger partial charge in [0.25, 0.3) is 15.9 Å². The molecule has 0 aliphatic carbocycles. The summed E-state index contributed by atoms with van der Waals surface area (Å²) >= 11 is 0. The van der Waals surface area contributed by atoms with Crippen molar-refractivity contribution in [3.05, 3.63) is 36.4 Å². The number of carbonyl (C=O) groups excluding carboxylic acids is 1. The second-order valence-corrected chi connectivity index (χ2v) is 10.8. The summed E-state index contributed by atoms with van der Waals surface area (Å²) in [6.07, 6.45) is 1.32. The number of hydrogen-bond donors (Lipinski definition) is 3. The van der Waals surface area contributed by atoms with Gasteiger partial charge in [0, 0.05) is 30.6 Å². The number of sulfonamides is 1. The summed E-state index contributed by atoms with van der Waals surface area (Å²) in [6.45, 7) is 3.96. The highest BCUT2D eigenvalue weighted by Crippen LogP contribution is 2.33. The summed E-state index contributed by atoms with van der Waals surface area (Å²) in [4.78, 5) is 27.4. The van der Waals surface area contributed by atoms with E-state index in [9.17, 15) is 23.1 Å². The first-order valence-corrected chi connectivity index (χ1v) is 12.8. The van der Waals surface area contributed by atoms with Gasteiger partial charge in [-0.3, -0.25) is 4.79 Å². The molecule has 34 heavy (non-hydrogen) atoms. The summed E-state index contributed by atoms with van der Waals surface area (Å²) in [5.41, 5.74) is 12.4. The van der Waals surface area contributed by atoms with Crippen molar-refractivity contribution in [1.29, 1.82) is 0 Å². The van der Waals surface area contributed by atoms with Crippen molar-refractivity contribution in [1.82, 2.24) is 4.31 Å². The lowest BCUT2D eigenvalue weighted by Crippen LogP contribution is -2.54. The van der Waals surface area contributed by atoms with Crippen LogP contribution in [0.15, 0.2) is 41.3 Å². The van der Waals surface area contributed by atoms with E-state index in [1.54, 1.807) is 38.1 Å². The Hall–Kier alpha value is -2.69. The molecule has 0 fully saturated rings. The molecule has 188 valence electrons. The fourth-order valence-electron chi connectivity index (χ4n) is 3.96. The Morgan fingerprint density at radius 2 is 1.65 bits per heavy atom. The smallest absolute Gasteiger partial charge is 0.327 e. The number of benzene rings is 2. The minimum atomic E-state index is -4.56. The lowest BCUT2D eigenvalue weighted by Gasteiger charge is -2.31. The zero-order valence-corrected chi connectivity index (χ0v) is 21.1. The molecule has 0 spiro atoms. The monoisotopic (exact) mass is 492 g/mol. The number of fused-ring (bicyclic) bond motifs is 1. The van der Waals surface area contributed by atoms with Gasteiger partial charge in [0.2, 0.25) is 0 Å². The average Bonchev–Trinajstić information content (AvgIpc) is 2.77. The fourth-order valence-corrected chi connectivity index (χ4v) is 5.77. The molecule has 9 nitrogen and oxygen atoms in total. The number of carboxylic acids is 1. The molecular weight excluding hydrogens is 456 g/mol. The van der Waals surface area contributed by atoms with Crippen molar-refractivity contribution in [2.24, 2.45) is 17.4 Å². The third-order valence-electron chi connectivity index (χ3n) is 5.64. The largest absolute Gasteiger partial charge is 0.480 e. The number of amides is 1. The van der Waals surface area contributed by atoms with Crippen molar-refractivity contribution >= 4 is 38.4 Å². The van der Waals surface area contributed by atoms with E-state index in [0.29, 0.717) is 34.5 Å². The van der Waals surface area contributed by atoms with Crippen LogP contribution in [0.1, 0.15) is 39.5 Å². The third kappa shape index (κ3) is 6.05. The minimum Gasteiger partial charge on any atom is -0.480 e. The number of carbonyl (C=O) groups is 2. The molecule has 0 aliphatic heterocycles. The van der Waals surface area contributed by atoms with Crippen LogP contribution < -0.4 is 16.4 Å². The molecule has 0 unspecified atom stereocenters. The summed E-state index contributed by atoms with van der Waals surface area (Å²) in [5.74, 6) is -2.49. The maximum atomic E-state index is 14.0. The second kappa shape index (κ2) is 11.6. The number of hydrogen-bond acceptors (Lipinski definition) is 7. The molecular formula is C24H36N4O5S. The molecule has 0 saturated carbocycles. The predicted molar refractivity (Wildman–Crippen MR) is 134 cm³/mol. The topological polar surface area (TPSA) is 147 Å². The van der Waals surface area contributed by atoms with Crippen LogP contribution in [0.25, 0.3) is 10.8 Å². The van der Waals surface area contributed by atoms with E-state index in [0.717, 1.165) is 5.69 Å². The van der Waals surface area contributed by atoms with E-state index in [1.807, 2.05) is 25.1 Å². The molecule has 0 aromatic heterocycles. The van der Waals surface area contributed by atoms with E-state index >= 15 is 0 Å². The Kier molecular flexibility index (Phi) is 9.43. The van der Waals surface area contributed by atoms with E-state index in [4.69, 9.17) is 11.5 Å². The molecule has 1 amide bonds. The van der Waals surface area contributed by atoms with Crippen LogP contribution in [0.5, 0.6) is 0 Å². The fraction of sp³-hybridized carbons (Fsp3) is 0.500. The van der Waals surface area contributed by atoms with Crippen LogP contribution in [-0.2, 0) is 19.6 Å². The molecule has 2 rings (SSSR count). The zero-order valence-electron chi connectivity index (χ0n) is 20.3. The SMILES string of the molecule is CC(C)C[C@@H](C(=O)O)N(C(=O)[C@@H](N)CCCCN)S(=O)(=O)c1cccc2c(N(C)C)cccc12. The first-order chi connectivity index (χ1) is 15.9. The van der Waals surface area contributed by atoms with Crippen LogP contribution >= 0.6 is 0 Å². The summed E-state index contributed by atoms with van der Waals surface area (Å²) in [7, 11) is -0.870. The number of rotatable bonds is 12. The van der Waals surface area contributed by atoms with Gasteiger partial charge in [0.1, 0.15) is 6.04 Å². The quantitative estimate of drug-likeness (QED) is 0.383. The number of unbranched alkanes of at least 4 members (excludes halogenated alkanes) is 1. The van der Waals surface area contributed by atoms with E-state index in [1.165, 1.54) is 6.07 Å². The van der Waals surface area contributed by atoms with Crippen LogP contribution in [0.3, 0.4) is 0 Å². The highest BCUT2D eigenvalue weighted by molar-refractivity contribution is 7.90. The number of anilines is 1. The molecule has 0 aliphatic rings. The van der Waals surface area contributed by atoms with Crippen LogP contribution in [0, 0.1) is 5.92 Å². The van der Waals surface area contributed by atoms with Crippen LogP contribution in [-0.4, -0.2) is 62.4 Å².